The molecule has 1 fully saturated rings. The Bertz CT molecular complexity index is 1420. The Hall–Kier alpha value is -3.50. The number of aromatic amines is 1. The molecular formula is C29H35FN4O5. The number of halogens is 1. The second-order valence-corrected chi connectivity index (χ2v) is 11.8. The van der Waals surface area contributed by atoms with E-state index in [1.807, 2.05) is 32.9 Å². The lowest BCUT2D eigenvalue weighted by atomic mass is 9.86. The first kappa shape index (κ1) is 27.1. The summed E-state index contributed by atoms with van der Waals surface area (Å²) in [5, 5.41) is 10.8. The van der Waals surface area contributed by atoms with E-state index in [0.29, 0.717) is 37.2 Å². The highest BCUT2D eigenvalue weighted by molar-refractivity contribution is 5.85. The zero-order valence-corrected chi connectivity index (χ0v) is 23.0. The van der Waals surface area contributed by atoms with Gasteiger partial charge in [0.1, 0.15) is 22.7 Å². The molecule has 2 amide bonds. The highest BCUT2D eigenvalue weighted by atomic mass is 19.1. The summed E-state index contributed by atoms with van der Waals surface area (Å²) in [6, 6.07) is 5.32. The molecule has 0 saturated carbocycles. The first-order chi connectivity index (χ1) is 18.3. The van der Waals surface area contributed by atoms with E-state index >= 15 is 0 Å². The average Bonchev–Trinajstić information content (AvgIpc) is 3.25. The van der Waals surface area contributed by atoms with Crippen molar-refractivity contribution in [2.24, 2.45) is 0 Å². The third-order valence-electron chi connectivity index (χ3n) is 7.12. The Balaban J connectivity index is 1.62. The summed E-state index contributed by atoms with van der Waals surface area (Å²) in [6.07, 6.45) is 3.10. The molecule has 0 spiro atoms. The molecule has 2 N–H and O–H groups in total. The molecule has 208 valence electrons. The van der Waals surface area contributed by atoms with Crippen LogP contribution in [0.1, 0.15) is 57.4 Å². The number of fused-ring (bicyclic) bond motifs is 2. The molecule has 3 aromatic rings. The van der Waals surface area contributed by atoms with Crippen molar-refractivity contribution in [2.75, 3.05) is 26.3 Å². The molecule has 1 saturated heterocycles. The fraction of sp³-hybridized carbons (Fsp3) is 0.483. The molecule has 0 aliphatic carbocycles. The van der Waals surface area contributed by atoms with Crippen LogP contribution in [0, 0.1) is 5.82 Å². The molecule has 0 unspecified atom stereocenters. The third-order valence-corrected chi connectivity index (χ3v) is 7.12. The Kier molecular flexibility index (Phi) is 6.88. The Morgan fingerprint density at radius 2 is 1.92 bits per heavy atom. The maximum Gasteiger partial charge on any atom is 0.410 e. The topological polar surface area (TPSA) is 108 Å². The van der Waals surface area contributed by atoms with Gasteiger partial charge in [-0.15, -0.1) is 0 Å². The van der Waals surface area contributed by atoms with Gasteiger partial charge in [-0.1, -0.05) is 6.07 Å². The van der Waals surface area contributed by atoms with Gasteiger partial charge in [-0.2, -0.15) is 0 Å². The standard InChI is InChI=1S/C29H35FN4O5/c1-28(2,3)39-27(36)34-8-9-38-16-24(34)20-11-18(19-12-21-23(30)14-32-25(21)31-13-19)10-17-6-7-33(15-22(17)20)26(35)29(4,5)37/h10-14,24,37H,6-9,15-16H2,1-5H3,(H,31,32)/t24-/m0/s1. The number of amides is 2. The van der Waals surface area contributed by atoms with Gasteiger partial charge in [0.05, 0.1) is 24.6 Å². The normalized spacial score (nSPS) is 18.3. The van der Waals surface area contributed by atoms with Crippen molar-refractivity contribution >= 4 is 23.0 Å². The molecule has 5 rings (SSSR count). The number of hydrogen-bond donors (Lipinski definition) is 2. The number of nitrogens with one attached hydrogen (secondary N) is 1. The molecule has 4 heterocycles. The number of ether oxygens (including phenoxy) is 2. The minimum Gasteiger partial charge on any atom is -0.444 e. The van der Waals surface area contributed by atoms with E-state index in [0.717, 1.165) is 27.8 Å². The van der Waals surface area contributed by atoms with Crippen LogP contribution in [0.2, 0.25) is 0 Å². The van der Waals surface area contributed by atoms with Crippen LogP contribution in [0.25, 0.3) is 22.2 Å². The second kappa shape index (κ2) is 9.91. The molecule has 10 heteroatoms. The smallest absolute Gasteiger partial charge is 0.410 e. The largest absolute Gasteiger partial charge is 0.444 e. The van der Waals surface area contributed by atoms with Crippen LogP contribution in [0.4, 0.5) is 9.18 Å². The average molecular weight is 539 g/mol. The van der Waals surface area contributed by atoms with E-state index < -0.39 is 23.3 Å². The lowest BCUT2D eigenvalue weighted by Crippen LogP contribution is -2.48. The first-order valence-corrected chi connectivity index (χ1v) is 13.2. The Morgan fingerprint density at radius 3 is 2.64 bits per heavy atom. The highest BCUT2D eigenvalue weighted by Crippen LogP contribution is 2.37. The van der Waals surface area contributed by atoms with Gasteiger partial charge in [0.25, 0.3) is 5.91 Å². The van der Waals surface area contributed by atoms with Crippen molar-refractivity contribution in [3.8, 4) is 11.1 Å². The molecule has 39 heavy (non-hydrogen) atoms. The monoisotopic (exact) mass is 538 g/mol. The van der Waals surface area contributed by atoms with E-state index in [1.165, 1.54) is 20.0 Å². The van der Waals surface area contributed by atoms with Crippen LogP contribution in [0.3, 0.4) is 0 Å². The van der Waals surface area contributed by atoms with E-state index in [4.69, 9.17) is 9.47 Å². The Morgan fingerprint density at radius 1 is 1.15 bits per heavy atom. The van der Waals surface area contributed by atoms with Gasteiger partial charge >= 0.3 is 6.09 Å². The Labute approximate surface area is 226 Å². The van der Waals surface area contributed by atoms with Crippen molar-refractivity contribution in [1.82, 2.24) is 19.8 Å². The molecular weight excluding hydrogens is 503 g/mol. The summed E-state index contributed by atoms with van der Waals surface area (Å²) in [4.78, 5) is 36.8. The van der Waals surface area contributed by atoms with Gasteiger partial charge in [0.2, 0.25) is 0 Å². The molecule has 2 aliphatic heterocycles. The lowest BCUT2D eigenvalue weighted by molar-refractivity contribution is -0.148. The maximum absolute atomic E-state index is 14.4. The molecule has 1 atom stereocenters. The van der Waals surface area contributed by atoms with Gasteiger partial charge in [-0.25, -0.2) is 14.2 Å². The number of H-pyrrole nitrogens is 1. The van der Waals surface area contributed by atoms with Crippen LogP contribution in [-0.4, -0.2) is 74.4 Å². The van der Waals surface area contributed by atoms with Gasteiger partial charge in [-0.05, 0) is 75.4 Å². The number of carbonyl (C=O) groups excluding carboxylic acids is 2. The fourth-order valence-corrected chi connectivity index (χ4v) is 5.25. The summed E-state index contributed by atoms with van der Waals surface area (Å²) >= 11 is 0. The predicted octanol–water partition coefficient (Wildman–Crippen LogP) is 4.33. The number of benzene rings is 1. The number of pyridine rings is 1. The second-order valence-electron chi connectivity index (χ2n) is 11.8. The van der Waals surface area contributed by atoms with Crippen LogP contribution in [0.15, 0.2) is 30.6 Å². The van der Waals surface area contributed by atoms with Crippen LogP contribution < -0.4 is 0 Å². The summed E-state index contributed by atoms with van der Waals surface area (Å²) < 4.78 is 25.9. The number of aromatic nitrogens is 2. The van der Waals surface area contributed by atoms with Gasteiger partial charge in [0.15, 0.2) is 0 Å². The van der Waals surface area contributed by atoms with Crippen LogP contribution in [0.5, 0.6) is 0 Å². The van der Waals surface area contributed by atoms with Crippen molar-refractivity contribution in [2.45, 2.75) is 64.8 Å². The summed E-state index contributed by atoms with van der Waals surface area (Å²) in [5.41, 5.74) is 2.62. The number of carbonyl (C=O) groups is 2. The summed E-state index contributed by atoms with van der Waals surface area (Å²) in [7, 11) is 0. The number of aliphatic hydroxyl groups is 1. The zero-order valence-electron chi connectivity index (χ0n) is 23.0. The third kappa shape index (κ3) is 5.49. The first-order valence-electron chi connectivity index (χ1n) is 13.2. The van der Waals surface area contributed by atoms with E-state index in [-0.39, 0.29) is 24.9 Å². The minimum atomic E-state index is -1.50. The summed E-state index contributed by atoms with van der Waals surface area (Å²) in [6.45, 7) is 10.2. The van der Waals surface area contributed by atoms with Gasteiger partial charge < -0.3 is 24.5 Å². The van der Waals surface area contributed by atoms with E-state index in [2.05, 4.69) is 9.97 Å². The van der Waals surface area contributed by atoms with Crippen molar-refractivity contribution < 1.29 is 28.6 Å². The van der Waals surface area contributed by atoms with E-state index in [1.54, 1.807) is 22.1 Å². The molecule has 1 aromatic carbocycles. The zero-order chi connectivity index (χ0) is 28.1. The van der Waals surface area contributed by atoms with Crippen molar-refractivity contribution in [1.29, 1.82) is 0 Å². The van der Waals surface area contributed by atoms with Gasteiger partial charge in [0, 0.05) is 37.6 Å². The van der Waals surface area contributed by atoms with Crippen LogP contribution >= 0.6 is 0 Å². The minimum absolute atomic E-state index is 0.262. The molecule has 0 bridgehead atoms. The van der Waals surface area contributed by atoms with Crippen molar-refractivity contribution in [3.63, 3.8) is 0 Å². The number of hydrogen-bond acceptors (Lipinski definition) is 6. The quantitative estimate of drug-likeness (QED) is 0.514. The number of rotatable bonds is 3. The van der Waals surface area contributed by atoms with Gasteiger partial charge in [-0.3, -0.25) is 9.69 Å². The van der Waals surface area contributed by atoms with Crippen molar-refractivity contribution in [3.05, 3.63) is 53.1 Å². The maximum atomic E-state index is 14.4. The van der Waals surface area contributed by atoms with E-state index in [9.17, 15) is 19.1 Å². The number of morpholine rings is 1. The molecule has 2 aliphatic rings. The predicted molar refractivity (Wildman–Crippen MR) is 143 cm³/mol. The lowest BCUT2D eigenvalue weighted by Gasteiger charge is -2.40. The molecule has 2 aromatic heterocycles. The highest BCUT2D eigenvalue weighted by Gasteiger charge is 2.37. The number of nitrogens with zero attached hydrogens (tertiary/aromatic N) is 3. The fourth-order valence-electron chi connectivity index (χ4n) is 5.25. The SMILES string of the molecule is CC(C)(C)OC(=O)N1CCOC[C@H]1c1cc(-c2cnc3[nH]cc(F)c3c2)cc2c1CN(C(=O)C(C)(C)O)CC2. The summed E-state index contributed by atoms with van der Waals surface area (Å²) in [5.74, 6) is -0.736. The molecule has 9 nitrogen and oxygen atoms in total. The molecule has 0 radical (unpaired) electrons. The van der Waals surface area contributed by atoms with Crippen LogP contribution in [-0.2, 0) is 27.2 Å².